The van der Waals surface area contributed by atoms with Gasteiger partial charge < -0.3 is 4.74 Å². The van der Waals surface area contributed by atoms with Crippen molar-refractivity contribution in [3.63, 3.8) is 0 Å². The van der Waals surface area contributed by atoms with Crippen molar-refractivity contribution in [3.05, 3.63) is 0 Å². The van der Waals surface area contributed by atoms with Crippen LogP contribution in [0.1, 0.15) is 13.8 Å². The van der Waals surface area contributed by atoms with Crippen molar-refractivity contribution >= 4 is 32.9 Å². The van der Waals surface area contributed by atoms with Gasteiger partial charge in [0.25, 0.3) is 0 Å². The van der Waals surface area contributed by atoms with E-state index in [2.05, 4.69) is 13.9 Å². The van der Waals surface area contributed by atoms with Gasteiger partial charge in [-0.2, -0.15) is 21.6 Å². The summed E-state index contributed by atoms with van der Waals surface area (Å²) >= 11 is 0.792. The van der Waals surface area contributed by atoms with Crippen LogP contribution >= 0.6 is 11.8 Å². The van der Waals surface area contributed by atoms with Crippen LogP contribution in [0.25, 0.3) is 0 Å². The van der Waals surface area contributed by atoms with Crippen molar-refractivity contribution in [2.75, 3.05) is 6.61 Å². The van der Waals surface area contributed by atoms with E-state index in [4.69, 9.17) is 0 Å². The molecule has 0 amide bonds. The van der Waals surface area contributed by atoms with Crippen LogP contribution < -0.4 is 0 Å². The number of carbonyl (C=O) groups is 1. The summed E-state index contributed by atoms with van der Waals surface area (Å²) in [7, 11) is -5.81. The van der Waals surface area contributed by atoms with Gasteiger partial charge in [0.1, 0.15) is 0 Å². The Hall–Kier alpha value is -0.810. The van der Waals surface area contributed by atoms with Crippen LogP contribution in [0, 0.1) is 0 Å². The second-order valence-electron chi connectivity index (χ2n) is 3.33. The van der Waals surface area contributed by atoms with Gasteiger partial charge in [-0.1, -0.05) is 11.8 Å². The molecule has 1 heterocycles. The summed E-state index contributed by atoms with van der Waals surface area (Å²) in [4.78, 5) is 15.0. The number of thioether (sulfide) groups is 1. The van der Waals surface area contributed by atoms with E-state index in [1.165, 1.54) is 13.8 Å². The van der Waals surface area contributed by atoms with Crippen LogP contribution in [0.4, 0.5) is 13.2 Å². The minimum Gasteiger partial charge on any atom is -0.465 e. The normalized spacial score (nSPS) is 24.2. The van der Waals surface area contributed by atoms with Crippen LogP contribution in [-0.4, -0.2) is 43.0 Å². The number of carbonyl (C=O) groups excluding carboxylic acids is 1. The van der Waals surface area contributed by atoms with E-state index < -0.39 is 33.1 Å². The monoisotopic (exact) mass is 321 g/mol. The molecule has 6 nitrogen and oxygen atoms in total. The topological polar surface area (TPSA) is 82.0 Å². The zero-order valence-electron chi connectivity index (χ0n) is 9.80. The average molecular weight is 321 g/mol. The molecule has 0 aromatic heterocycles. The molecule has 0 bridgehead atoms. The highest BCUT2D eigenvalue weighted by atomic mass is 32.2. The molecule has 19 heavy (non-hydrogen) atoms. The third kappa shape index (κ3) is 3.83. The zero-order valence-corrected chi connectivity index (χ0v) is 11.4. The van der Waals surface area contributed by atoms with Gasteiger partial charge in [0.15, 0.2) is 11.5 Å². The molecular weight excluding hydrogens is 311 g/mol. The van der Waals surface area contributed by atoms with E-state index in [0.717, 1.165) is 11.8 Å². The maximum atomic E-state index is 12.2. The van der Waals surface area contributed by atoms with E-state index in [1.807, 2.05) is 0 Å². The maximum absolute atomic E-state index is 12.2. The van der Waals surface area contributed by atoms with Crippen molar-refractivity contribution in [2.45, 2.75) is 30.8 Å². The van der Waals surface area contributed by atoms with Crippen molar-refractivity contribution in [3.8, 4) is 0 Å². The molecule has 0 spiro atoms. The standard InChI is InChI=1S/C8H10F3NO5S2/c1-3-16-7(13)5-6(12-4(2)18-5)17-19(14,15)8(9,10)11/h5-6H,3H2,1-2H3. The number of rotatable bonds is 4. The predicted molar refractivity (Wildman–Crippen MR) is 61.0 cm³/mol. The Morgan fingerprint density at radius 3 is 2.53 bits per heavy atom. The zero-order chi connectivity index (χ0) is 14.8. The summed E-state index contributed by atoms with van der Waals surface area (Å²) in [6, 6.07) is 0. The van der Waals surface area contributed by atoms with Crippen molar-refractivity contribution in [1.29, 1.82) is 0 Å². The summed E-state index contributed by atoms with van der Waals surface area (Å²) in [5.41, 5.74) is -5.57. The van der Waals surface area contributed by atoms with Gasteiger partial charge in [-0.05, 0) is 13.8 Å². The van der Waals surface area contributed by atoms with E-state index >= 15 is 0 Å². The van der Waals surface area contributed by atoms with E-state index in [9.17, 15) is 26.4 Å². The molecule has 11 heteroatoms. The van der Waals surface area contributed by atoms with Gasteiger partial charge in [0.05, 0.1) is 11.7 Å². The fourth-order valence-electron chi connectivity index (χ4n) is 1.16. The molecule has 2 unspecified atom stereocenters. The predicted octanol–water partition coefficient (Wildman–Crippen LogP) is 1.28. The van der Waals surface area contributed by atoms with Crippen molar-refractivity contribution < 1.29 is 35.3 Å². The number of nitrogens with zero attached hydrogens (tertiary/aromatic N) is 1. The lowest BCUT2D eigenvalue weighted by Crippen LogP contribution is -2.36. The molecule has 0 aromatic rings. The highest BCUT2D eigenvalue weighted by Gasteiger charge is 2.51. The minimum atomic E-state index is -5.81. The molecule has 0 aliphatic carbocycles. The van der Waals surface area contributed by atoms with E-state index in [0.29, 0.717) is 0 Å². The lowest BCUT2D eigenvalue weighted by Gasteiger charge is -2.16. The molecule has 0 fully saturated rings. The summed E-state index contributed by atoms with van der Waals surface area (Å²) in [5.74, 6) is -0.879. The van der Waals surface area contributed by atoms with Gasteiger partial charge in [-0.25, -0.2) is 9.18 Å². The van der Waals surface area contributed by atoms with Crippen molar-refractivity contribution in [1.82, 2.24) is 0 Å². The lowest BCUT2D eigenvalue weighted by molar-refractivity contribution is -0.144. The van der Waals surface area contributed by atoms with Crippen LogP contribution in [-0.2, 0) is 23.8 Å². The Bertz CT molecular complexity index is 487. The molecule has 0 saturated heterocycles. The Labute approximate surface area is 111 Å². The molecule has 0 aromatic carbocycles. The highest BCUT2D eigenvalue weighted by molar-refractivity contribution is 8.15. The Morgan fingerprint density at radius 2 is 2.05 bits per heavy atom. The third-order valence-corrected chi connectivity index (χ3v) is 4.04. The Kier molecular flexibility index (Phi) is 4.85. The molecule has 2 atom stereocenters. The van der Waals surface area contributed by atoms with E-state index in [1.54, 1.807) is 0 Å². The molecule has 0 radical (unpaired) electrons. The average Bonchev–Trinajstić information content (AvgIpc) is 2.57. The summed E-state index contributed by atoms with van der Waals surface area (Å²) in [5, 5.41) is -1.03. The lowest BCUT2D eigenvalue weighted by atomic mass is 10.4. The Morgan fingerprint density at radius 1 is 1.47 bits per heavy atom. The number of aliphatic imine (C=N–C) groups is 1. The van der Waals surface area contributed by atoms with Gasteiger partial charge in [-0.3, -0.25) is 4.79 Å². The fraction of sp³-hybridized carbons (Fsp3) is 0.750. The van der Waals surface area contributed by atoms with Crippen LogP contribution in [0.3, 0.4) is 0 Å². The SMILES string of the molecule is CCOC(=O)C1SC(C)=NC1OS(=O)(=O)C(F)(F)F. The first-order chi connectivity index (χ1) is 8.58. The molecule has 0 saturated carbocycles. The number of alkyl halides is 3. The Balaban J connectivity index is 2.89. The van der Waals surface area contributed by atoms with Crippen LogP contribution in [0.2, 0.25) is 0 Å². The van der Waals surface area contributed by atoms with Gasteiger partial charge in [0.2, 0.25) is 0 Å². The molecule has 0 N–H and O–H groups in total. The summed E-state index contributed by atoms with van der Waals surface area (Å²) in [6.07, 6.45) is -1.77. The van der Waals surface area contributed by atoms with Gasteiger partial charge >= 0.3 is 21.6 Å². The molecule has 1 aliphatic heterocycles. The first kappa shape index (κ1) is 16.2. The molecule has 1 aliphatic rings. The number of ether oxygens (including phenoxy) is 1. The molecule has 110 valence electrons. The number of halogens is 3. The second kappa shape index (κ2) is 5.67. The van der Waals surface area contributed by atoms with E-state index in [-0.39, 0.29) is 11.7 Å². The quantitative estimate of drug-likeness (QED) is 0.441. The number of esters is 1. The number of hydrogen-bond donors (Lipinski definition) is 0. The highest BCUT2D eigenvalue weighted by Crippen LogP contribution is 2.33. The third-order valence-electron chi connectivity index (χ3n) is 1.89. The fourth-order valence-corrected chi connectivity index (χ4v) is 2.69. The summed E-state index contributed by atoms with van der Waals surface area (Å²) < 4.78 is 66.8. The van der Waals surface area contributed by atoms with Crippen molar-refractivity contribution in [2.24, 2.45) is 4.99 Å². The largest absolute Gasteiger partial charge is 0.523 e. The smallest absolute Gasteiger partial charge is 0.465 e. The first-order valence-electron chi connectivity index (χ1n) is 4.95. The number of hydrogen-bond acceptors (Lipinski definition) is 7. The van der Waals surface area contributed by atoms with Gasteiger partial charge in [-0.15, -0.1) is 0 Å². The second-order valence-corrected chi connectivity index (χ2v) is 6.22. The van der Waals surface area contributed by atoms with Crippen LogP contribution in [0.5, 0.6) is 0 Å². The summed E-state index contributed by atoms with van der Waals surface area (Å²) in [6.45, 7) is 2.93. The van der Waals surface area contributed by atoms with Crippen LogP contribution in [0.15, 0.2) is 4.99 Å². The molecular formula is C8H10F3NO5S2. The first-order valence-corrected chi connectivity index (χ1v) is 7.24. The van der Waals surface area contributed by atoms with Gasteiger partial charge in [0, 0.05) is 0 Å². The minimum absolute atomic E-state index is 0.00762. The molecule has 1 rings (SSSR count). The maximum Gasteiger partial charge on any atom is 0.523 e.